The van der Waals surface area contributed by atoms with Gasteiger partial charge < -0.3 is 10.5 Å². The third kappa shape index (κ3) is 3.30. The second-order valence-electron chi connectivity index (χ2n) is 4.03. The molecule has 0 radical (unpaired) electrons. The number of thiazole rings is 1. The van der Waals surface area contributed by atoms with Gasteiger partial charge in [-0.15, -0.1) is 11.3 Å². The van der Waals surface area contributed by atoms with Gasteiger partial charge in [0.15, 0.2) is 5.13 Å². The highest BCUT2D eigenvalue weighted by atomic mass is 32.1. The largest absolute Gasteiger partial charge is 0.399 e. The number of nitrogens with one attached hydrogen (secondary N) is 1. The van der Waals surface area contributed by atoms with E-state index >= 15 is 0 Å². The fourth-order valence-corrected chi connectivity index (χ4v) is 2.20. The Kier molecular flexibility index (Phi) is 4.13. The molecule has 0 spiro atoms. The Morgan fingerprint density at radius 2 is 2.32 bits per heavy atom. The van der Waals surface area contributed by atoms with E-state index in [9.17, 15) is 4.79 Å². The number of hydrogen-bond acceptors (Lipinski definition) is 5. The maximum Gasteiger partial charge on any atom is 0.254 e. The average molecular weight is 277 g/mol. The van der Waals surface area contributed by atoms with E-state index in [1.807, 2.05) is 29.6 Å². The number of nitrogens with zero attached hydrogens (tertiary/aromatic N) is 1. The van der Waals surface area contributed by atoms with Gasteiger partial charge >= 0.3 is 0 Å². The summed E-state index contributed by atoms with van der Waals surface area (Å²) in [5.74, 6) is -0.212. The Morgan fingerprint density at radius 1 is 1.53 bits per heavy atom. The number of anilines is 2. The van der Waals surface area contributed by atoms with E-state index in [1.165, 1.54) is 18.4 Å². The van der Waals surface area contributed by atoms with Gasteiger partial charge in [-0.3, -0.25) is 10.1 Å². The van der Waals surface area contributed by atoms with E-state index in [2.05, 4.69) is 10.3 Å². The van der Waals surface area contributed by atoms with Crippen LogP contribution in [0.1, 0.15) is 6.92 Å². The summed E-state index contributed by atoms with van der Waals surface area (Å²) in [4.78, 5) is 16.0. The predicted molar refractivity (Wildman–Crippen MR) is 77.1 cm³/mol. The molecule has 1 atom stereocenters. The molecule has 1 aromatic heterocycles. The molecule has 1 heterocycles. The van der Waals surface area contributed by atoms with E-state index < -0.39 is 6.10 Å². The summed E-state index contributed by atoms with van der Waals surface area (Å²) in [5.41, 5.74) is 8.13. The van der Waals surface area contributed by atoms with Crippen LogP contribution in [0.5, 0.6) is 0 Å². The lowest BCUT2D eigenvalue weighted by atomic mass is 10.1. The first-order chi connectivity index (χ1) is 9.10. The van der Waals surface area contributed by atoms with Crippen molar-refractivity contribution in [3.8, 4) is 11.3 Å². The molecule has 0 aliphatic heterocycles. The molecule has 2 rings (SSSR count). The first-order valence-electron chi connectivity index (χ1n) is 5.75. The highest BCUT2D eigenvalue weighted by Gasteiger charge is 2.13. The number of ether oxygens (including phenoxy) is 1. The standard InChI is InChI=1S/C13H15N3O2S/c1-8(18-2)12(17)16-13-15-11(7-19-13)9-4-3-5-10(14)6-9/h3-8H,14H2,1-2H3,(H,15,16,17). The van der Waals surface area contributed by atoms with Gasteiger partial charge in [0.05, 0.1) is 5.69 Å². The van der Waals surface area contributed by atoms with Crippen molar-refractivity contribution >= 4 is 28.1 Å². The molecule has 0 bridgehead atoms. The highest BCUT2D eigenvalue weighted by Crippen LogP contribution is 2.26. The minimum absolute atomic E-state index is 0.212. The fourth-order valence-electron chi connectivity index (χ4n) is 1.48. The van der Waals surface area contributed by atoms with Crippen molar-refractivity contribution in [1.29, 1.82) is 0 Å². The zero-order valence-electron chi connectivity index (χ0n) is 10.7. The van der Waals surface area contributed by atoms with Crippen LogP contribution < -0.4 is 11.1 Å². The normalized spacial score (nSPS) is 12.1. The quantitative estimate of drug-likeness (QED) is 0.841. The molecule has 19 heavy (non-hydrogen) atoms. The molecule has 6 heteroatoms. The number of aromatic nitrogens is 1. The summed E-state index contributed by atoms with van der Waals surface area (Å²) in [6.07, 6.45) is -0.500. The summed E-state index contributed by atoms with van der Waals surface area (Å²) < 4.78 is 4.94. The van der Waals surface area contributed by atoms with Gasteiger partial charge in [0.2, 0.25) is 0 Å². The Hall–Kier alpha value is -1.92. The van der Waals surface area contributed by atoms with Crippen molar-refractivity contribution < 1.29 is 9.53 Å². The number of hydrogen-bond donors (Lipinski definition) is 2. The van der Waals surface area contributed by atoms with Crippen molar-refractivity contribution in [2.75, 3.05) is 18.2 Å². The summed E-state index contributed by atoms with van der Waals surface area (Å²) in [6.45, 7) is 1.68. The molecule has 0 aliphatic rings. The number of carbonyl (C=O) groups excluding carboxylic acids is 1. The lowest BCUT2D eigenvalue weighted by Crippen LogP contribution is -2.26. The molecular weight excluding hydrogens is 262 g/mol. The smallest absolute Gasteiger partial charge is 0.254 e. The van der Waals surface area contributed by atoms with Gasteiger partial charge in [0.25, 0.3) is 5.91 Å². The fraction of sp³-hybridized carbons (Fsp3) is 0.231. The molecule has 5 nitrogen and oxygen atoms in total. The monoisotopic (exact) mass is 277 g/mol. The van der Waals surface area contributed by atoms with Gasteiger partial charge in [-0.25, -0.2) is 4.98 Å². The van der Waals surface area contributed by atoms with Crippen LogP contribution in [0.15, 0.2) is 29.6 Å². The molecule has 3 N–H and O–H groups in total. The number of carbonyl (C=O) groups is 1. The molecular formula is C13H15N3O2S. The first-order valence-corrected chi connectivity index (χ1v) is 6.63. The number of benzene rings is 1. The van der Waals surface area contributed by atoms with Gasteiger partial charge in [0.1, 0.15) is 6.10 Å². The third-order valence-corrected chi connectivity index (χ3v) is 3.40. The number of methoxy groups -OCH3 is 1. The average Bonchev–Trinajstić information content (AvgIpc) is 2.86. The number of nitrogens with two attached hydrogens (primary N) is 1. The second-order valence-corrected chi connectivity index (χ2v) is 4.89. The first kappa shape index (κ1) is 13.5. The molecule has 1 amide bonds. The third-order valence-electron chi connectivity index (χ3n) is 2.64. The Labute approximate surface area is 115 Å². The van der Waals surface area contributed by atoms with Crippen LogP contribution >= 0.6 is 11.3 Å². The Bertz CT molecular complexity index is 583. The van der Waals surface area contributed by atoms with E-state index in [0.29, 0.717) is 10.8 Å². The number of nitrogen functional groups attached to an aromatic ring is 1. The summed E-state index contributed by atoms with van der Waals surface area (Å²) in [7, 11) is 1.49. The molecule has 1 aromatic carbocycles. The predicted octanol–water partition coefficient (Wildman–Crippen LogP) is 2.37. The van der Waals surface area contributed by atoms with Crippen LogP contribution in [-0.2, 0) is 9.53 Å². The van der Waals surface area contributed by atoms with Crippen molar-refractivity contribution in [1.82, 2.24) is 4.98 Å². The number of amides is 1. The van der Waals surface area contributed by atoms with Crippen LogP contribution in [-0.4, -0.2) is 24.1 Å². The topological polar surface area (TPSA) is 77.2 Å². The Balaban J connectivity index is 2.13. The van der Waals surface area contributed by atoms with E-state index in [4.69, 9.17) is 10.5 Å². The van der Waals surface area contributed by atoms with E-state index in [0.717, 1.165) is 11.3 Å². The minimum Gasteiger partial charge on any atom is -0.399 e. The molecule has 0 aliphatic carbocycles. The summed E-state index contributed by atoms with van der Waals surface area (Å²) in [6, 6.07) is 7.46. The van der Waals surface area contributed by atoms with Crippen molar-refractivity contribution in [3.63, 3.8) is 0 Å². The lowest BCUT2D eigenvalue weighted by molar-refractivity contribution is -0.124. The van der Waals surface area contributed by atoms with Crippen molar-refractivity contribution in [3.05, 3.63) is 29.6 Å². The molecule has 0 saturated carbocycles. The zero-order chi connectivity index (χ0) is 13.8. The van der Waals surface area contributed by atoms with Crippen molar-refractivity contribution in [2.24, 2.45) is 0 Å². The van der Waals surface area contributed by atoms with Crippen LogP contribution in [0.25, 0.3) is 11.3 Å². The maximum atomic E-state index is 11.7. The highest BCUT2D eigenvalue weighted by molar-refractivity contribution is 7.14. The Morgan fingerprint density at radius 3 is 3.00 bits per heavy atom. The van der Waals surface area contributed by atoms with Crippen molar-refractivity contribution in [2.45, 2.75) is 13.0 Å². The SMILES string of the molecule is COC(C)C(=O)Nc1nc(-c2cccc(N)c2)cs1. The lowest BCUT2D eigenvalue weighted by Gasteiger charge is -2.07. The molecule has 100 valence electrons. The zero-order valence-corrected chi connectivity index (χ0v) is 11.5. The van der Waals surface area contributed by atoms with Gasteiger partial charge in [-0.1, -0.05) is 12.1 Å². The molecule has 0 fully saturated rings. The number of rotatable bonds is 4. The van der Waals surface area contributed by atoms with Gasteiger partial charge in [-0.05, 0) is 19.1 Å². The van der Waals surface area contributed by atoms with Crippen LogP contribution in [0, 0.1) is 0 Å². The molecule has 1 unspecified atom stereocenters. The second kappa shape index (κ2) is 5.81. The summed E-state index contributed by atoms with van der Waals surface area (Å²) >= 11 is 1.37. The van der Waals surface area contributed by atoms with Crippen LogP contribution in [0.3, 0.4) is 0 Å². The summed E-state index contributed by atoms with van der Waals surface area (Å²) in [5, 5.41) is 5.13. The van der Waals surface area contributed by atoms with Crippen LogP contribution in [0.2, 0.25) is 0 Å². The molecule has 2 aromatic rings. The van der Waals surface area contributed by atoms with Gasteiger partial charge in [-0.2, -0.15) is 0 Å². The maximum absolute atomic E-state index is 11.7. The van der Waals surface area contributed by atoms with E-state index in [-0.39, 0.29) is 5.91 Å². The minimum atomic E-state index is -0.500. The van der Waals surface area contributed by atoms with Gasteiger partial charge in [0, 0.05) is 23.7 Å². The van der Waals surface area contributed by atoms with Crippen LogP contribution in [0.4, 0.5) is 10.8 Å². The molecule has 0 saturated heterocycles. The van der Waals surface area contributed by atoms with E-state index in [1.54, 1.807) is 6.92 Å².